The second-order valence-electron chi connectivity index (χ2n) is 4.02. The molecule has 3 nitrogen and oxygen atoms in total. The molecule has 0 spiro atoms. The number of thioether (sulfide) groups is 1. The van der Waals surface area contributed by atoms with Gasteiger partial charge in [0.25, 0.3) is 0 Å². The van der Waals surface area contributed by atoms with Crippen molar-refractivity contribution < 1.29 is 9.53 Å². The van der Waals surface area contributed by atoms with E-state index in [9.17, 15) is 4.79 Å². The number of primary amides is 1. The Morgan fingerprint density at radius 2 is 1.63 bits per heavy atom. The largest absolute Gasteiger partial charge is 0.457 e. The molecule has 0 saturated carbocycles. The van der Waals surface area contributed by atoms with Crippen LogP contribution in [0.15, 0.2) is 54.6 Å². The lowest BCUT2D eigenvalue weighted by Gasteiger charge is -2.06. The van der Waals surface area contributed by atoms with E-state index in [4.69, 9.17) is 10.5 Å². The molecule has 4 heteroatoms. The van der Waals surface area contributed by atoms with Crippen LogP contribution in [-0.4, -0.2) is 11.7 Å². The third kappa shape index (κ3) is 4.67. The van der Waals surface area contributed by atoms with Gasteiger partial charge in [-0.25, -0.2) is 0 Å². The molecule has 0 aliphatic rings. The monoisotopic (exact) mass is 273 g/mol. The molecule has 2 aromatic carbocycles. The average molecular weight is 273 g/mol. The first kappa shape index (κ1) is 13.5. The summed E-state index contributed by atoms with van der Waals surface area (Å²) in [4.78, 5) is 10.6. The summed E-state index contributed by atoms with van der Waals surface area (Å²) in [6.07, 6.45) is 0. The van der Waals surface area contributed by atoms with Crippen molar-refractivity contribution in [3.8, 4) is 11.5 Å². The van der Waals surface area contributed by atoms with Gasteiger partial charge in [-0.2, -0.15) is 0 Å². The second-order valence-corrected chi connectivity index (χ2v) is 5.00. The van der Waals surface area contributed by atoms with Crippen molar-refractivity contribution in [2.45, 2.75) is 5.75 Å². The number of amides is 1. The van der Waals surface area contributed by atoms with Crippen LogP contribution in [0.5, 0.6) is 11.5 Å². The fourth-order valence-electron chi connectivity index (χ4n) is 1.55. The third-order valence-electron chi connectivity index (χ3n) is 2.42. The van der Waals surface area contributed by atoms with Crippen molar-refractivity contribution >= 4 is 17.7 Å². The lowest BCUT2D eigenvalue weighted by Crippen LogP contribution is -2.13. The molecule has 1 amide bonds. The molecule has 0 aliphatic carbocycles. The van der Waals surface area contributed by atoms with Crippen LogP contribution in [0.2, 0.25) is 0 Å². The van der Waals surface area contributed by atoms with Crippen molar-refractivity contribution in [1.82, 2.24) is 0 Å². The Balaban J connectivity index is 1.89. The maximum atomic E-state index is 10.6. The third-order valence-corrected chi connectivity index (χ3v) is 3.44. The minimum atomic E-state index is -0.283. The van der Waals surface area contributed by atoms with E-state index in [1.165, 1.54) is 11.8 Å². The maximum absolute atomic E-state index is 10.6. The van der Waals surface area contributed by atoms with Crippen LogP contribution < -0.4 is 10.5 Å². The lowest BCUT2D eigenvalue weighted by atomic mass is 10.2. The summed E-state index contributed by atoms with van der Waals surface area (Å²) in [5, 5.41) is 0. The number of rotatable bonds is 6. The van der Waals surface area contributed by atoms with E-state index < -0.39 is 0 Å². The fourth-order valence-corrected chi connectivity index (χ4v) is 2.28. The van der Waals surface area contributed by atoms with Gasteiger partial charge in [0.15, 0.2) is 0 Å². The van der Waals surface area contributed by atoms with Gasteiger partial charge in [0, 0.05) is 5.75 Å². The Labute approximate surface area is 116 Å². The van der Waals surface area contributed by atoms with Crippen LogP contribution in [0.4, 0.5) is 0 Å². The molecule has 19 heavy (non-hydrogen) atoms. The van der Waals surface area contributed by atoms with E-state index in [0.717, 1.165) is 22.8 Å². The smallest absolute Gasteiger partial charge is 0.227 e. The first-order valence-corrected chi connectivity index (χ1v) is 7.07. The molecule has 0 aliphatic heterocycles. The Morgan fingerprint density at radius 1 is 1.00 bits per heavy atom. The normalized spacial score (nSPS) is 10.1. The van der Waals surface area contributed by atoms with Gasteiger partial charge in [-0.1, -0.05) is 30.3 Å². The minimum Gasteiger partial charge on any atom is -0.457 e. The lowest BCUT2D eigenvalue weighted by molar-refractivity contribution is -0.115. The van der Waals surface area contributed by atoms with Crippen molar-refractivity contribution in [3.05, 3.63) is 60.2 Å². The molecule has 0 unspecified atom stereocenters. The highest BCUT2D eigenvalue weighted by molar-refractivity contribution is 7.99. The maximum Gasteiger partial charge on any atom is 0.227 e. The van der Waals surface area contributed by atoms with Gasteiger partial charge in [0.2, 0.25) is 5.91 Å². The molecule has 2 aromatic rings. The van der Waals surface area contributed by atoms with Crippen LogP contribution in [-0.2, 0) is 10.5 Å². The van der Waals surface area contributed by atoms with E-state index in [-0.39, 0.29) is 5.91 Å². The standard InChI is InChI=1S/C15H15NO2S/c16-15(17)11-19-10-12-6-8-14(9-7-12)18-13-4-2-1-3-5-13/h1-9H,10-11H2,(H2,16,17). The fraction of sp³-hybridized carbons (Fsp3) is 0.133. The molecule has 0 fully saturated rings. The van der Waals surface area contributed by atoms with Crippen molar-refractivity contribution in [2.24, 2.45) is 5.73 Å². The van der Waals surface area contributed by atoms with Crippen molar-refractivity contribution in [2.75, 3.05) is 5.75 Å². The van der Waals surface area contributed by atoms with E-state index in [0.29, 0.717) is 5.75 Å². The topological polar surface area (TPSA) is 52.3 Å². The molecule has 2 N–H and O–H groups in total. The number of nitrogens with two attached hydrogens (primary N) is 1. The zero-order chi connectivity index (χ0) is 13.5. The number of benzene rings is 2. The van der Waals surface area contributed by atoms with Gasteiger partial charge in [-0.3, -0.25) is 4.79 Å². The summed E-state index contributed by atoms with van der Waals surface area (Å²) in [6, 6.07) is 17.5. The highest BCUT2D eigenvalue weighted by Gasteiger charge is 1.99. The molecule has 0 bridgehead atoms. The van der Waals surface area contributed by atoms with Gasteiger partial charge in [0.1, 0.15) is 11.5 Å². The van der Waals surface area contributed by atoms with Gasteiger partial charge >= 0.3 is 0 Å². The molecule has 2 rings (SSSR count). The number of para-hydroxylation sites is 1. The number of ether oxygens (including phenoxy) is 1. The molecule has 0 radical (unpaired) electrons. The van der Waals surface area contributed by atoms with E-state index in [1.54, 1.807) is 0 Å². The van der Waals surface area contributed by atoms with Crippen LogP contribution in [0.3, 0.4) is 0 Å². The molecule has 0 aromatic heterocycles. The first-order chi connectivity index (χ1) is 9.24. The molecular weight excluding hydrogens is 258 g/mol. The summed E-state index contributed by atoms with van der Waals surface area (Å²) < 4.78 is 5.70. The highest BCUT2D eigenvalue weighted by Crippen LogP contribution is 2.22. The summed E-state index contributed by atoms with van der Waals surface area (Å²) >= 11 is 1.51. The van der Waals surface area contributed by atoms with Crippen LogP contribution >= 0.6 is 11.8 Å². The summed E-state index contributed by atoms with van der Waals surface area (Å²) in [5.41, 5.74) is 6.23. The van der Waals surface area contributed by atoms with Gasteiger partial charge in [0.05, 0.1) is 5.75 Å². The minimum absolute atomic E-state index is 0.283. The summed E-state index contributed by atoms with van der Waals surface area (Å²) in [7, 11) is 0. The molecular formula is C15H15NO2S. The van der Waals surface area contributed by atoms with Gasteiger partial charge < -0.3 is 10.5 Å². The molecule has 0 atom stereocenters. The van der Waals surface area contributed by atoms with E-state index in [2.05, 4.69) is 0 Å². The zero-order valence-electron chi connectivity index (χ0n) is 10.4. The Bertz CT molecular complexity index is 526. The summed E-state index contributed by atoms with van der Waals surface area (Å²) in [5.74, 6) is 2.46. The molecule has 0 heterocycles. The Kier molecular flexibility index (Phi) is 4.86. The summed E-state index contributed by atoms with van der Waals surface area (Å²) in [6.45, 7) is 0. The van der Waals surface area contributed by atoms with Crippen LogP contribution in [0, 0.1) is 0 Å². The quantitative estimate of drug-likeness (QED) is 0.879. The van der Waals surface area contributed by atoms with Gasteiger partial charge in [-0.15, -0.1) is 11.8 Å². The zero-order valence-corrected chi connectivity index (χ0v) is 11.2. The van der Waals surface area contributed by atoms with Crippen LogP contribution in [0.25, 0.3) is 0 Å². The Hall–Kier alpha value is -1.94. The predicted octanol–water partition coefficient (Wildman–Crippen LogP) is 3.20. The van der Waals surface area contributed by atoms with Crippen LogP contribution in [0.1, 0.15) is 5.56 Å². The highest BCUT2D eigenvalue weighted by atomic mass is 32.2. The molecule has 98 valence electrons. The number of carbonyl (C=O) groups is 1. The van der Waals surface area contributed by atoms with E-state index >= 15 is 0 Å². The van der Waals surface area contributed by atoms with Gasteiger partial charge in [-0.05, 0) is 29.8 Å². The number of hydrogen-bond donors (Lipinski definition) is 1. The first-order valence-electron chi connectivity index (χ1n) is 5.92. The Morgan fingerprint density at radius 3 is 2.26 bits per heavy atom. The average Bonchev–Trinajstić information content (AvgIpc) is 2.42. The second kappa shape index (κ2) is 6.85. The predicted molar refractivity (Wildman–Crippen MR) is 78.3 cm³/mol. The van der Waals surface area contributed by atoms with Crippen molar-refractivity contribution in [3.63, 3.8) is 0 Å². The van der Waals surface area contributed by atoms with Crippen molar-refractivity contribution in [1.29, 1.82) is 0 Å². The molecule has 0 saturated heterocycles. The SMILES string of the molecule is NC(=O)CSCc1ccc(Oc2ccccc2)cc1. The number of hydrogen-bond acceptors (Lipinski definition) is 3. The number of carbonyl (C=O) groups excluding carboxylic acids is 1. The van der Waals surface area contributed by atoms with E-state index in [1.807, 2.05) is 54.6 Å².